The van der Waals surface area contributed by atoms with E-state index in [0.717, 1.165) is 19.2 Å². The molecule has 0 aliphatic carbocycles. The van der Waals surface area contributed by atoms with Gasteiger partial charge in [-0.25, -0.2) is 9.97 Å². The first-order valence-corrected chi connectivity index (χ1v) is 15.0. The van der Waals surface area contributed by atoms with E-state index in [1.165, 1.54) is 18.2 Å². The number of fused-ring (bicyclic) bond motifs is 1. The highest BCUT2D eigenvalue weighted by Gasteiger charge is 2.34. The first-order chi connectivity index (χ1) is 21.9. The number of nitrogens with zero attached hydrogens (tertiary/aromatic N) is 6. The Morgan fingerprint density at radius 2 is 1.78 bits per heavy atom. The van der Waals surface area contributed by atoms with Gasteiger partial charge in [-0.15, -0.1) is 0 Å². The van der Waals surface area contributed by atoms with E-state index >= 15 is 0 Å². The van der Waals surface area contributed by atoms with Gasteiger partial charge in [-0.2, -0.15) is 18.2 Å². The van der Waals surface area contributed by atoms with Gasteiger partial charge >= 0.3 is 6.18 Å². The Morgan fingerprint density at radius 1 is 1.00 bits per heavy atom. The largest absolute Gasteiger partial charge is 0.437 e. The molecule has 1 saturated heterocycles. The summed E-state index contributed by atoms with van der Waals surface area (Å²) in [6.07, 6.45) is -2.99. The highest BCUT2D eigenvalue weighted by Crippen LogP contribution is 2.35. The second kappa shape index (κ2) is 12.7. The summed E-state index contributed by atoms with van der Waals surface area (Å²) in [5.74, 6) is 0.252. The number of rotatable bonds is 7. The number of hydrogen-bond donors (Lipinski definition) is 1. The third-order valence-electron chi connectivity index (χ3n) is 7.94. The lowest BCUT2D eigenvalue weighted by Gasteiger charge is -2.33. The van der Waals surface area contributed by atoms with Gasteiger partial charge in [0.2, 0.25) is 0 Å². The van der Waals surface area contributed by atoms with Gasteiger partial charge in [-0.1, -0.05) is 35.9 Å². The number of aromatic nitrogens is 4. The fourth-order valence-corrected chi connectivity index (χ4v) is 5.52. The average molecular weight is 650 g/mol. The zero-order valence-corrected chi connectivity index (χ0v) is 26.2. The zero-order valence-electron chi connectivity index (χ0n) is 25.4. The summed E-state index contributed by atoms with van der Waals surface area (Å²) in [6.45, 7) is 4.88. The number of benzene rings is 3. The number of amides is 1. The number of carbonyl (C=O) groups excluding carboxylic acids is 1. The quantitative estimate of drug-likeness (QED) is 0.207. The molecule has 1 fully saturated rings. The molecule has 1 aliphatic heterocycles. The van der Waals surface area contributed by atoms with Crippen molar-refractivity contribution in [3.63, 3.8) is 0 Å². The molecule has 2 aromatic heterocycles. The molecule has 46 heavy (non-hydrogen) atoms. The van der Waals surface area contributed by atoms with Crippen molar-refractivity contribution in [3.8, 4) is 23.0 Å². The molecule has 3 aromatic carbocycles. The van der Waals surface area contributed by atoms with Gasteiger partial charge in [-0.3, -0.25) is 9.69 Å². The first kappa shape index (κ1) is 31.5. The maximum Gasteiger partial charge on any atom is 0.416 e. The summed E-state index contributed by atoms with van der Waals surface area (Å²) >= 11 is 6.19. The normalized spacial score (nSPS) is 14.5. The van der Waals surface area contributed by atoms with Gasteiger partial charge in [0, 0.05) is 61.6 Å². The topological polar surface area (TPSA) is 88.4 Å². The minimum Gasteiger partial charge on any atom is -0.437 e. The fourth-order valence-electron chi connectivity index (χ4n) is 5.33. The number of halogens is 4. The molecule has 0 radical (unpaired) electrons. The van der Waals surface area contributed by atoms with Crippen LogP contribution in [0.25, 0.3) is 22.6 Å². The summed E-state index contributed by atoms with van der Waals surface area (Å²) in [6, 6.07) is 15.9. The van der Waals surface area contributed by atoms with Crippen LogP contribution in [-0.4, -0.2) is 68.5 Å². The monoisotopic (exact) mass is 649 g/mol. The van der Waals surface area contributed by atoms with Crippen molar-refractivity contribution in [2.75, 3.05) is 38.5 Å². The molecule has 0 bridgehead atoms. The van der Waals surface area contributed by atoms with Gasteiger partial charge in [-0.05, 0) is 61.5 Å². The molecule has 0 spiro atoms. The molecule has 9 nitrogen and oxygen atoms in total. The maximum atomic E-state index is 14.1. The Balaban J connectivity index is 1.26. The third-order valence-corrected chi connectivity index (χ3v) is 8.18. The number of nitrogens with one attached hydrogen (secondary N) is 1. The Kier molecular flexibility index (Phi) is 8.69. The van der Waals surface area contributed by atoms with E-state index in [9.17, 15) is 18.0 Å². The molecule has 238 valence electrons. The number of hydrogen-bond acceptors (Lipinski definition) is 7. The Hall–Kier alpha value is -4.52. The van der Waals surface area contributed by atoms with E-state index < -0.39 is 17.6 Å². The van der Waals surface area contributed by atoms with Crippen LogP contribution in [0.1, 0.15) is 27.0 Å². The number of likely N-dealkylation sites (N-methyl/N-ethyl adjacent to an activating group) is 1. The van der Waals surface area contributed by atoms with Crippen LogP contribution < -0.4 is 10.1 Å². The standard InChI is InChI=1S/C33H31ClF3N7O2/c1-20-7-10-25(46-32-28-30(43(3)19-38-28)40-29(41-32)21-5-4-6-23(34)15-21)17-26(20)31(45)39-24-9-8-22(27(16-24)33(35,36)37)18-44-13-11-42(2)12-14-44/h4-10,15-17,19H,11-14,18H2,1-3H3,(H,39,45). The van der Waals surface area contributed by atoms with Crippen molar-refractivity contribution < 1.29 is 22.7 Å². The molecule has 0 atom stereocenters. The fraction of sp³-hybridized carbons (Fsp3) is 0.273. The first-order valence-electron chi connectivity index (χ1n) is 14.6. The van der Waals surface area contributed by atoms with Crippen LogP contribution in [0.4, 0.5) is 18.9 Å². The van der Waals surface area contributed by atoms with Crippen LogP contribution in [0.2, 0.25) is 5.02 Å². The number of carbonyl (C=O) groups is 1. The summed E-state index contributed by atoms with van der Waals surface area (Å²) in [5, 5.41) is 3.16. The minimum atomic E-state index is -4.58. The van der Waals surface area contributed by atoms with Crippen molar-refractivity contribution >= 4 is 34.4 Å². The maximum absolute atomic E-state index is 14.1. The van der Waals surface area contributed by atoms with E-state index in [2.05, 4.69) is 25.2 Å². The van der Waals surface area contributed by atoms with Gasteiger partial charge in [0.1, 0.15) is 5.75 Å². The highest BCUT2D eigenvalue weighted by atomic mass is 35.5. The van der Waals surface area contributed by atoms with Crippen molar-refractivity contribution in [1.82, 2.24) is 29.3 Å². The lowest BCUT2D eigenvalue weighted by Crippen LogP contribution is -2.44. The van der Waals surface area contributed by atoms with Crippen LogP contribution in [0, 0.1) is 6.92 Å². The lowest BCUT2D eigenvalue weighted by atomic mass is 10.0. The number of ether oxygens (including phenoxy) is 1. The number of imidazole rings is 1. The summed E-state index contributed by atoms with van der Waals surface area (Å²) < 4.78 is 50.2. The molecule has 3 heterocycles. The second-order valence-electron chi connectivity index (χ2n) is 11.4. The van der Waals surface area contributed by atoms with E-state index in [4.69, 9.17) is 16.3 Å². The van der Waals surface area contributed by atoms with E-state index in [1.54, 1.807) is 55.2 Å². The molecular weight excluding hydrogens is 619 g/mol. The van der Waals surface area contributed by atoms with Crippen molar-refractivity contribution in [1.29, 1.82) is 0 Å². The number of anilines is 1. The summed E-state index contributed by atoms with van der Waals surface area (Å²) in [4.78, 5) is 31.2. The van der Waals surface area contributed by atoms with Crippen molar-refractivity contribution in [3.05, 3.63) is 94.3 Å². The van der Waals surface area contributed by atoms with Gasteiger partial charge in [0.05, 0.1) is 11.9 Å². The Bertz CT molecular complexity index is 1920. The van der Waals surface area contributed by atoms with Crippen molar-refractivity contribution in [2.45, 2.75) is 19.6 Å². The predicted molar refractivity (Wildman–Crippen MR) is 170 cm³/mol. The van der Waals surface area contributed by atoms with E-state index in [-0.39, 0.29) is 35.0 Å². The molecule has 1 N–H and O–H groups in total. The van der Waals surface area contributed by atoms with E-state index in [1.807, 2.05) is 18.0 Å². The smallest absolute Gasteiger partial charge is 0.416 e. The van der Waals surface area contributed by atoms with Gasteiger partial charge in [0.15, 0.2) is 17.0 Å². The second-order valence-corrected chi connectivity index (χ2v) is 11.8. The lowest BCUT2D eigenvalue weighted by molar-refractivity contribution is -0.138. The van der Waals surface area contributed by atoms with Gasteiger partial charge < -0.3 is 19.5 Å². The Morgan fingerprint density at radius 3 is 2.52 bits per heavy atom. The van der Waals surface area contributed by atoms with Crippen LogP contribution in [0.15, 0.2) is 67.0 Å². The molecule has 0 saturated carbocycles. The van der Waals surface area contributed by atoms with Crippen LogP contribution in [-0.2, 0) is 19.8 Å². The van der Waals surface area contributed by atoms with Gasteiger partial charge in [0.25, 0.3) is 11.8 Å². The number of aryl methyl sites for hydroxylation is 2. The average Bonchev–Trinajstić information content (AvgIpc) is 3.40. The molecule has 0 unspecified atom stereocenters. The third kappa shape index (κ3) is 6.84. The number of alkyl halides is 3. The molecule has 5 aromatic rings. The molecule has 1 amide bonds. The van der Waals surface area contributed by atoms with Crippen LogP contribution in [0.3, 0.4) is 0 Å². The summed E-state index contributed by atoms with van der Waals surface area (Å²) in [5.41, 5.74) is 1.91. The highest BCUT2D eigenvalue weighted by molar-refractivity contribution is 6.30. The number of piperazine rings is 1. The predicted octanol–water partition coefficient (Wildman–Crippen LogP) is 6.80. The Labute approximate surface area is 268 Å². The van der Waals surface area contributed by atoms with Crippen LogP contribution in [0.5, 0.6) is 11.6 Å². The van der Waals surface area contributed by atoms with E-state index in [0.29, 0.717) is 46.2 Å². The van der Waals surface area contributed by atoms with Crippen molar-refractivity contribution in [2.24, 2.45) is 7.05 Å². The molecule has 13 heteroatoms. The molecular formula is C33H31ClF3N7O2. The summed E-state index contributed by atoms with van der Waals surface area (Å²) in [7, 11) is 3.79. The minimum absolute atomic E-state index is 0.0438. The van der Waals surface area contributed by atoms with Crippen LogP contribution >= 0.6 is 11.6 Å². The zero-order chi connectivity index (χ0) is 32.6. The molecule has 6 rings (SSSR count). The molecule has 1 aliphatic rings. The SMILES string of the molecule is Cc1ccc(Oc2nc(-c3cccc(Cl)c3)nc3c2ncn3C)cc1C(=O)Nc1ccc(CN2CCN(C)CC2)c(C(F)(F)F)c1.